The molecule has 0 aliphatic heterocycles. The summed E-state index contributed by atoms with van der Waals surface area (Å²) in [6, 6.07) is 18.3. The predicted octanol–water partition coefficient (Wildman–Crippen LogP) is 3.52. The number of hydrogen-bond donors (Lipinski definition) is 1. The minimum absolute atomic E-state index is 0.156. The van der Waals surface area contributed by atoms with Crippen LogP contribution in [0.3, 0.4) is 0 Å². The molecule has 2 rings (SSSR count). The molecule has 136 valence electrons. The lowest BCUT2D eigenvalue weighted by Crippen LogP contribution is -2.47. The van der Waals surface area contributed by atoms with Gasteiger partial charge in [0.1, 0.15) is 12.6 Å². The molecule has 0 heterocycles. The number of nitrogens with zero attached hydrogens (tertiary/aromatic N) is 1. The summed E-state index contributed by atoms with van der Waals surface area (Å²) >= 11 is 0. The van der Waals surface area contributed by atoms with Gasteiger partial charge in [-0.2, -0.15) is 0 Å². The van der Waals surface area contributed by atoms with E-state index in [1.54, 1.807) is 19.3 Å². The number of amides is 2. The van der Waals surface area contributed by atoms with E-state index in [4.69, 9.17) is 4.74 Å². The van der Waals surface area contributed by atoms with Gasteiger partial charge in [-0.05, 0) is 18.1 Å². The van der Waals surface area contributed by atoms with Gasteiger partial charge in [-0.25, -0.2) is 4.79 Å². The number of carbonyl (C=O) groups is 2. The molecule has 0 radical (unpaired) electrons. The van der Waals surface area contributed by atoms with E-state index in [9.17, 15) is 9.59 Å². The maximum absolute atomic E-state index is 12.7. The summed E-state index contributed by atoms with van der Waals surface area (Å²) in [5.41, 5.74) is 1.85. The van der Waals surface area contributed by atoms with Crippen molar-refractivity contribution >= 4 is 12.0 Å². The van der Waals surface area contributed by atoms with Gasteiger partial charge in [0.05, 0.1) is 0 Å². The predicted molar refractivity (Wildman–Crippen MR) is 101 cm³/mol. The quantitative estimate of drug-likeness (QED) is 0.829. The van der Waals surface area contributed by atoms with Crippen molar-refractivity contribution in [2.75, 3.05) is 7.05 Å². The van der Waals surface area contributed by atoms with Crippen molar-refractivity contribution in [2.45, 2.75) is 26.0 Å². The first-order valence-electron chi connectivity index (χ1n) is 8.50. The van der Waals surface area contributed by atoms with Crippen LogP contribution in [-0.2, 0) is 22.6 Å². The van der Waals surface area contributed by atoms with E-state index in [-0.39, 0.29) is 12.5 Å². The lowest BCUT2D eigenvalue weighted by atomic mass is 10.1. The lowest BCUT2D eigenvalue weighted by Gasteiger charge is -2.22. The summed E-state index contributed by atoms with van der Waals surface area (Å²) in [5, 5.41) is 2.69. The van der Waals surface area contributed by atoms with Gasteiger partial charge in [-0.15, -0.1) is 0 Å². The number of alkyl carbamates (subject to hydrolysis) is 1. The van der Waals surface area contributed by atoms with Gasteiger partial charge in [0.25, 0.3) is 0 Å². The van der Waals surface area contributed by atoms with E-state index in [0.29, 0.717) is 6.42 Å². The molecule has 0 saturated heterocycles. The van der Waals surface area contributed by atoms with Crippen molar-refractivity contribution in [1.29, 1.82) is 0 Å². The first-order valence-corrected chi connectivity index (χ1v) is 8.50. The summed E-state index contributed by atoms with van der Waals surface area (Å²) in [6.07, 6.45) is 3.21. The number of benzene rings is 2. The fourth-order valence-corrected chi connectivity index (χ4v) is 2.50. The number of allylic oxidation sites excluding steroid dienone is 1. The van der Waals surface area contributed by atoms with Gasteiger partial charge in [-0.1, -0.05) is 66.7 Å². The molecule has 0 fully saturated rings. The van der Waals surface area contributed by atoms with Crippen LogP contribution in [-0.4, -0.2) is 30.0 Å². The van der Waals surface area contributed by atoms with Crippen molar-refractivity contribution in [2.24, 2.45) is 0 Å². The third-order valence-corrected chi connectivity index (χ3v) is 3.81. The first-order chi connectivity index (χ1) is 12.6. The summed E-state index contributed by atoms with van der Waals surface area (Å²) in [6.45, 7) is 1.99. The van der Waals surface area contributed by atoms with Crippen molar-refractivity contribution in [3.63, 3.8) is 0 Å². The molecule has 2 aromatic carbocycles. The van der Waals surface area contributed by atoms with E-state index in [1.165, 1.54) is 4.90 Å². The van der Waals surface area contributed by atoms with E-state index < -0.39 is 12.1 Å². The second kappa shape index (κ2) is 10.0. The Hall–Kier alpha value is -3.08. The Bertz CT molecular complexity index is 729. The van der Waals surface area contributed by atoms with Crippen molar-refractivity contribution in [1.82, 2.24) is 10.2 Å². The summed E-state index contributed by atoms with van der Waals surface area (Å²) in [4.78, 5) is 26.3. The zero-order valence-corrected chi connectivity index (χ0v) is 15.1. The third-order valence-electron chi connectivity index (χ3n) is 3.81. The Morgan fingerprint density at radius 2 is 1.62 bits per heavy atom. The van der Waals surface area contributed by atoms with Crippen LogP contribution in [0.1, 0.15) is 18.1 Å². The Balaban J connectivity index is 2.02. The minimum Gasteiger partial charge on any atom is -0.445 e. The molecule has 0 aliphatic rings. The molecule has 1 N–H and O–H groups in total. The van der Waals surface area contributed by atoms with E-state index in [1.807, 2.05) is 67.6 Å². The highest BCUT2D eigenvalue weighted by Crippen LogP contribution is 2.07. The van der Waals surface area contributed by atoms with E-state index >= 15 is 0 Å². The zero-order chi connectivity index (χ0) is 18.8. The number of hydrogen-bond acceptors (Lipinski definition) is 3. The standard InChI is InChI=1S/C21H24N2O3/c1-3-14-23(2)20(24)19(15-17-10-6-4-7-11-17)22-21(25)26-16-18-12-8-5-9-13-18/h3-14,19H,15-16H2,1-2H3,(H,22,25)/b14-3+/t19-/m0/s1. The number of carbonyl (C=O) groups excluding carboxylic acids is 2. The molecule has 5 heteroatoms. The smallest absolute Gasteiger partial charge is 0.408 e. The zero-order valence-electron chi connectivity index (χ0n) is 15.1. The molecule has 0 bridgehead atoms. The van der Waals surface area contributed by atoms with Crippen LogP contribution in [0, 0.1) is 0 Å². The van der Waals surface area contributed by atoms with Gasteiger partial charge in [-0.3, -0.25) is 4.79 Å². The summed E-state index contributed by atoms with van der Waals surface area (Å²) < 4.78 is 5.25. The van der Waals surface area contributed by atoms with Crippen LogP contribution in [0.5, 0.6) is 0 Å². The van der Waals surface area contributed by atoms with E-state index in [2.05, 4.69) is 5.32 Å². The average Bonchev–Trinajstić information content (AvgIpc) is 2.67. The lowest BCUT2D eigenvalue weighted by molar-refractivity contribution is -0.129. The molecule has 0 saturated carbocycles. The normalized spacial score (nSPS) is 11.8. The molecular weight excluding hydrogens is 328 g/mol. The van der Waals surface area contributed by atoms with Gasteiger partial charge < -0.3 is 15.0 Å². The average molecular weight is 352 g/mol. The summed E-state index contributed by atoms with van der Waals surface area (Å²) in [5.74, 6) is -0.205. The van der Waals surface area contributed by atoms with Crippen molar-refractivity contribution in [3.05, 3.63) is 84.1 Å². The second-order valence-corrected chi connectivity index (χ2v) is 5.88. The Morgan fingerprint density at radius 3 is 2.19 bits per heavy atom. The minimum atomic E-state index is -0.707. The number of nitrogens with one attached hydrogen (secondary N) is 1. The van der Waals surface area contributed by atoms with Crippen LogP contribution in [0.25, 0.3) is 0 Å². The molecule has 0 unspecified atom stereocenters. The number of rotatable bonds is 7. The molecule has 5 nitrogen and oxygen atoms in total. The molecule has 0 spiro atoms. The molecule has 0 aromatic heterocycles. The molecule has 2 aromatic rings. The fourth-order valence-electron chi connectivity index (χ4n) is 2.50. The molecule has 1 atom stereocenters. The van der Waals surface area contributed by atoms with Crippen LogP contribution in [0.15, 0.2) is 72.9 Å². The fraction of sp³-hybridized carbons (Fsp3) is 0.238. The first kappa shape index (κ1) is 19.2. The van der Waals surface area contributed by atoms with Crippen LogP contribution in [0.4, 0.5) is 4.79 Å². The highest BCUT2D eigenvalue weighted by Gasteiger charge is 2.24. The van der Waals surface area contributed by atoms with Crippen LogP contribution >= 0.6 is 0 Å². The molecule has 26 heavy (non-hydrogen) atoms. The molecular formula is C21H24N2O3. The van der Waals surface area contributed by atoms with Crippen molar-refractivity contribution in [3.8, 4) is 0 Å². The highest BCUT2D eigenvalue weighted by atomic mass is 16.5. The summed E-state index contributed by atoms with van der Waals surface area (Å²) in [7, 11) is 1.66. The topological polar surface area (TPSA) is 58.6 Å². The monoisotopic (exact) mass is 352 g/mol. The van der Waals surface area contributed by atoms with Gasteiger partial charge in [0, 0.05) is 19.7 Å². The Labute approximate surface area is 154 Å². The second-order valence-electron chi connectivity index (χ2n) is 5.88. The Kier molecular flexibility index (Phi) is 7.43. The largest absolute Gasteiger partial charge is 0.445 e. The van der Waals surface area contributed by atoms with Gasteiger partial charge in [0.2, 0.25) is 5.91 Å². The Morgan fingerprint density at radius 1 is 1.04 bits per heavy atom. The number of likely N-dealkylation sites (N-methyl/N-ethyl adjacent to an activating group) is 1. The SMILES string of the molecule is C/C=C/N(C)C(=O)[C@H](Cc1ccccc1)NC(=O)OCc1ccccc1. The van der Waals surface area contributed by atoms with Gasteiger partial charge in [0.15, 0.2) is 0 Å². The maximum Gasteiger partial charge on any atom is 0.408 e. The molecule has 0 aliphatic carbocycles. The molecule has 2 amide bonds. The number of ether oxygens (including phenoxy) is 1. The van der Waals surface area contributed by atoms with Crippen LogP contribution < -0.4 is 5.32 Å². The third kappa shape index (κ3) is 6.09. The maximum atomic E-state index is 12.7. The van der Waals surface area contributed by atoms with Crippen molar-refractivity contribution < 1.29 is 14.3 Å². The van der Waals surface area contributed by atoms with Crippen LogP contribution in [0.2, 0.25) is 0 Å². The highest BCUT2D eigenvalue weighted by molar-refractivity contribution is 5.86. The van der Waals surface area contributed by atoms with E-state index in [0.717, 1.165) is 11.1 Å². The van der Waals surface area contributed by atoms with Gasteiger partial charge >= 0.3 is 6.09 Å².